The Labute approximate surface area is 92.3 Å². The summed E-state index contributed by atoms with van der Waals surface area (Å²) in [6.45, 7) is 7.67. The third-order valence-corrected chi connectivity index (χ3v) is 3.72. The van der Waals surface area contributed by atoms with Gasteiger partial charge in [-0.15, -0.1) is 0 Å². The molecule has 0 saturated carbocycles. The molecule has 0 aromatic carbocycles. The molecule has 0 spiro atoms. The second-order valence-electron chi connectivity index (χ2n) is 4.15. The van der Waals surface area contributed by atoms with E-state index in [9.17, 15) is 13.5 Å². The van der Waals surface area contributed by atoms with Crippen molar-refractivity contribution in [2.24, 2.45) is 0 Å². The molecule has 0 aliphatic carbocycles. The summed E-state index contributed by atoms with van der Waals surface area (Å²) in [6, 6.07) is -0.144. The van der Waals surface area contributed by atoms with Crippen molar-refractivity contribution in [3.63, 3.8) is 0 Å². The molecule has 0 amide bonds. The van der Waals surface area contributed by atoms with Crippen molar-refractivity contribution in [2.75, 3.05) is 18.8 Å². The highest BCUT2D eigenvalue weighted by molar-refractivity contribution is 7.89. The first kappa shape index (κ1) is 14.8. The second kappa shape index (κ2) is 5.79. The van der Waals surface area contributed by atoms with Crippen molar-refractivity contribution >= 4 is 10.0 Å². The lowest BCUT2D eigenvalue weighted by atomic mass is 10.0. The van der Waals surface area contributed by atoms with Gasteiger partial charge in [-0.2, -0.15) is 0 Å². The average molecular weight is 238 g/mol. The largest absolute Gasteiger partial charge is 0.389 e. The standard InChI is InChI=1S/C9H22N2O3S/c1-5-11-15(13,14)7-6-10-8(2)9(3,4)12/h8,10-12H,5-7H2,1-4H3. The maximum atomic E-state index is 11.2. The minimum Gasteiger partial charge on any atom is -0.389 e. The molecule has 15 heavy (non-hydrogen) atoms. The SMILES string of the molecule is CCNS(=O)(=O)CCNC(C)C(C)(C)O. The number of rotatable bonds is 7. The highest BCUT2D eigenvalue weighted by atomic mass is 32.2. The fraction of sp³-hybridized carbons (Fsp3) is 1.00. The lowest BCUT2D eigenvalue weighted by molar-refractivity contribution is 0.0451. The average Bonchev–Trinajstić information content (AvgIpc) is 2.01. The highest BCUT2D eigenvalue weighted by Gasteiger charge is 2.21. The fourth-order valence-corrected chi connectivity index (χ4v) is 1.92. The summed E-state index contributed by atoms with van der Waals surface area (Å²) in [6.07, 6.45) is 0. The molecule has 0 rings (SSSR count). The van der Waals surface area contributed by atoms with Crippen LogP contribution in [-0.2, 0) is 10.0 Å². The second-order valence-corrected chi connectivity index (χ2v) is 6.07. The minimum atomic E-state index is -3.17. The van der Waals surface area contributed by atoms with Crippen molar-refractivity contribution in [3.8, 4) is 0 Å². The van der Waals surface area contributed by atoms with Crippen LogP contribution in [-0.4, -0.2) is 44.0 Å². The summed E-state index contributed by atoms with van der Waals surface area (Å²) < 4.78 is 24.9. The summed E-state index contributed by atoms with van der Waals surface area (Å²) in [5, 5.41) is 12.6. The topological polar surface area (TPSA) is 78.4 Å². The van der Waals surface area contributed by atoms with E-state index in [1.807, 2.05) is 6.92 Å². The van der Waals surface area contributed by atoms with Gasteiger partial charge in [-0.3, -0.25) is 0 Å². The molecule has 1 atom stereocenters. The number of hydrogen-bond donors (Lipinski definition) is 3. The maximum absolute atomic E-state index is 11.2. The lowest BCUT2D eigenvalue weighted by Gasteiger charge is -2.26. The molecular weight excluding hydrogens is 216 g/mol. The van der Waals surface area contributed by atoms with Crippen molar-refractivity contribution in [3.05, 3.63) is 0 Å². The van der Waals surface area contributed by atoms with Crippen molar-refractivity contribution < 1.29 is 13.5 Å². The predicted molar refractivity (Wildman–Crippen MR) is 61.2 cm³/mol. The summed E-state index contributed by atoms with van der Waals surface area (Å²) in [7, 11) is -3.17. The molecule has 0 radical (unpaired) electrons. The van der Waals surface area contributed by atoms with E-state index in [1.165, 1.54) is 0 Å². The van der Waals surface area contributed by atoms with Gasteiger partial charge in [-0.05, 0) is 20.8 Å². The van der Waals surface area contributed by atoms with Crippen molar-refractivity contribution in [2.45, 2.75) is 39.3 Å². The molecule has 1 unspecified atom stereocenters. The van der Waals surface area contributed by atoms with Crippen molar-refractivity contribution in [1.82, 2.24) is 10.0 Å². The van der Waals surface area contributed by atoms with Gasteiger partial charge in [-0.25, -0.2) is 13.1 Å². The molecule has 0 fully saturated rings. The smallest absolute Gasteiger partial charge is 0.212 e. The Balaban J connectivity index is 3.90. The lowest BCUT2D eigenvalue weighted by Crippen LogP contribution is -2.46. The Morgan fingerprint density at radius 1 is 1.40 bits per heavy atom. The molecule has 3 N–H and O–H groups in total. The van der Waals surface area contributed by atoms with Crippen LogP contribution in [0.25, 0.3) is 0 Å². The molecule has 0 heterocycles. The van der Waals surface area contributed by atoms with E-state index in [0.29, 0.717) is 13.1 Å². The van der Waals surface area contributed by atoms with Crippen molar-refractivity contribution in [1.29, 1.82) is 0 Å². The molecule has 0 aliphatic heterocycles. The first-order valence-electron chi connectivity index (χ1n) is 5.12. The number of aliphatic hydroxyl groups is 1. The molecule has 0 aromatic rings. The molecule has 5 nitrogen and oxygen atoms in total. The first-order valence-corrected chi connectivity index (χ1v) is 6.77. The molecular formula is C9H22N2O3S. The summed E-state index contributed by atoms with van der Waals surface area (Å²) in [4.78, 5) is 0. The quantitative estimate of drug-likeness (QED) is 0.568. The molecule has 0 aliphatic rings. The van der Waals surface area contributed by atoms with Crippen LogP contribution in [0.5, 0.6) is 0 Å². The van der Waals surface area contributed by atoms with E-state index in [1.54, 1.807) is 20.8 Å². The Bertz CT molecular complexity index is 270. The third kappa shape index (κ3) is 6.83. The maximum Gasteiger partial charge on any atom is 0.212 e. The Morgan fingerprint density at radius 3 is 2.33 bits per heavy atom. The minimum absolute atomic E-state index is 0.0290. The monoisotopic (exact) mass is 238 g/mol. The van der Waals surface area contributed by atoms with Crippen LogP contribution in [0, 0.1) is 0 Å². The normalized spacial score (nSPS) is 15.3. The summed E-state index contributed by atoms with van der Waals surface area (Å²) in [5.41, 5.74) is -0.845. The van der Waals surface area contributed by atoms with Crippen LogP contribution in [0.3, 0.4) is 0 Å². The van der Waals surface area contributed by atoms with Gasteiger partial charge in [0.2, 0.25) is 10.0 Å². The predicted octanol–water partition coefficient (Wildman–Crippen LogP) is -0.325. The van der Waals surface area contributed by atoms with Gasteiger partial charge in [0, 0.05) is 19.1 Å². The van der Waals surface area contributed by atoms with E-state index in [4.69, 9.17) is 0 Å². The van der Waals surface area contributed by atoms with E-state index in [-0.39, 0.29) is 11.8 Å². The summed E-state index contributed by atoms with van der Waals surface area (Å²) >= 11 is 0. The fourth-order valence-electron chi connectivity index (χ4n) is 0.952. The van der Waals surface area contributed by atoms with Crippen LogP contribution < -0.4 is 10.0 Å². The van der Waals surface area contributed by atoms with E-state index in [0.717, 1.165) is 0 Å². The van der Waals surface area contributed by atoms with Crippen LogP contribution in [0.2, 0.25) is 0 Å². The Morgan fingerprint density at radius 2 is 1.93 bits per heavy atom. The highest BCUT2D eigenvalue weighted by Crippen LogP contribution is 2.06. The van der Waals surface area contributed by atoms with E-state index in [2.05, 4.69) is 10.0 Å². The Hall–Kier alpha value is -0.170. The zero-order valence-corrected chi connectivity index (χ0v) is 10.7. The van der Waals surface area contributed by atoms with Crippen LogP contribution in [0.1, 0.15) is 27.7 Å². The van der Waals surface area contributed by atoms with Gasteiger partial charge in [0.25, 0.3) is 0 Å². The van der Waals surface area contributed by atoms with Gasteiger partial charge in [0.15, 0.2) is 0 Å². The van der Waals surface area contributed by atoms with Gasteiger partial charge in [-0.1, -0.05) is 6.92 Å². The third-order valence-electron chi connectivity index (χ3n) is 2.25. The molecule has 0 aromatic heterocycles. The van der Waals surface area contributed by atoms with Crippen LogP contribution in [0.15, 0.2) is 0 Å². The zero-order valence-electron chi connectivity index (χ0n) is 9.87. The van der Waals surface area contributed by atoms with Gasteiger partial charge < -0.3 is 10.4 Å². The van der Waals surface area contributed by atoms with E-state index < -0.39 is 15.6 Å². The number of sulfonamides is 1. The van der Waals surface area contributed by atoms with E-state index >= 15 is 0 Å². The van der Waals surface area contributed by atoms with Gasteiger partial charge in [0.05, 0.1) is 11.4 Å². The molecule has 0 bridgehead atoms. The summed E-state index contributed by atoms with van der Waals surface area (Å²) in [5.74, 6) is 0.0290. The van der Waals surface area contributed by atoms with Crippen LogP contribution in [0.4, 0.5) is 0 Å². The first-order chi connectivity index (χ1) is 6.69. The molecule has 6 heteroatoms. The number of hydrogen-bond acceptors (Lipinski definition) is 4. The Kier molecular flexibility index (Phi) is 5.72. The van der Waals surface area contributed by atoms with Gasteiger partial charge in [0.1, 0.15) is 0 Å². The number of nitrogens with one attached hydrogen (secondary N) is 2. The molecule has 0 saturated heterocycles. The van der Waals surface area contributed by atoms with Crippen LogP contribution >= 0.6 is 0 Å². The molecule has 92 valence electrons. The zero-order chi connectivity index (χ0) is 12.1. The van der Waals surface area contributed by atoms with Gasteiger partial charge >= 0.3 is 0 Å².